The van der Waals surface area contributed by atoms with Crippen molar-refractivity contribution in [3.8, 4) is 22.3 Å². The van der Waals surface area contributed by atoms with Crippen LogP contribution in [0, 0.1) is 128 Å². The van der Waals surface area contributed by atoms with Crippen molar-refractivity contribution in [3.05, 3.63) is 393 Å². The Balaban J connectivity index is -0.000000398. The van der Waals surface area contributed by atoms with Crippen LogP contribution in [0.25, 0.3) is 76.1 Å². The Bertz CT molecular complexity index is 4540. The molecule has 0 aliphatic heterocycles. The molecule has 0 bridgehead atoms. The van der Waals surface area contributed by atoms with Crippen molar-refractivity contribution in [2.24, 2.45) is 0 Å². The van der Waals surface area contributed by atoms with Gasteiger partial charge in [-0.05, 0) is 163 Å². The second-order valence-electron chi connectivity index (χ2n) is 25.1. The van der Waals surface area contributed by atoms with E-state index < -0.39 is 0 Å². The zero-order valence-corrected chi connectivity index (χ0v) is 85.5. The summed E-state index contributed by atoms with van der Waals surface area (Å²) in [6.45, 7) is 71.9. The summed E-state index contributed by atoms with van der Waals surface area (Å²) in [7, 11) is 0. The van der Waals surface area contributed by atoms with Crippen LogP contribution in [0.15, 0.2) is 285 Å². The first-order chi connectivity index (χ1) is 55.8. The zero-order chi connectivity index (χ0) is 87.8. The number of aryl methyl sites for hydroxylation is 15. The fourth-order valence-corrected chi connectivity index (χ4v) is 11.4. The minimum Gasteiger partial charge on any atom is -0.226 e. The topological polar surface area (TPSA) is 0 Å². The Morgan fingerprint density at radius 1 is 0.162 bits per heavy atom. The number of fused-ring (bicyclic) bond motifs is 5. The van der Waals surface area contributed by atoms with Gasteiger partial charge in [0.05, 0.1) is 0 Å². The molecule has 0 nitrogen and oxygen atoms in total. The smallest absolute Gasteiger partial charge is 0 e. The molecule has 0 unspecified atom stereocenters. The van der Waals surface area contributed by atoms with Gasteiger partial charge in [-0.1, -0.05) is 406 Å². The second-order valence-corrected chi connectivity index (χ2v) is 25.1. The standard InChI is InChI=1S/C16H14.2C14H12.3C12H12.C8H10.C7H8.10C2H6.2Y/c1-11-13-7-3-5-9-15(13)12(2)16-10-6-4-8-14(11)16;1-11-3-7-13(8-4-11)14-9-5-12(2)6-10-14;1-11-5-3-7-13(9-11)14-8-4-6-12(2)10-14;1-9-3-5-12-8-10(2)4-6-11(12)7-9;1-9-5-3-8-12-10(2)6-4-7-11(9)12;1-9-7-8-10(2)12-6-4-3-5-11(9)12;1-7-4-3-5-8(2)6-7;1-7-5-3-2-4-6-7;10*1-2;;/h3-10H,1-2H3;3-7,9H,1-2H3;3-6,9-10H,1-2H3;3*3-8H,1-2H3;3-6H,1-2H3;2-6H,1H3;10*1-2H3;;/q;2*-2;;;;;;;;;;;;;;;;;. The summed E-state index contributed by atoms with van der Waals surface area (Å²) in [5, 5.41) is 13.7. The van der Waals surface area contributed by atoms with E-state index in [0.717, 1.165) is 22.3 Å². The van der Waals surface area contributed by atoms with E-state index in [2.05, 4.69) is 371 Å². The number of hydrogen-bond acceptors (Lipinski definition) is 0. The Morgan fingerprint density at radius 2 is 0.402 bits per heavy atom. The fourth-order valence-electron chi connectivity index (χ4n) is 11.4. The first-order valence-electron chi connectivity index (χ1n) is 43.0. The van der Waals surface area contributed by atoms with Gasteiger partial charge in [0.25, 0.3) is 0 Å². The monoisotopic (exact) mass is 1710 g/mol. The van der Waals surface area contributed by atoms with E-state index in [-0.39, 0.29) is 65.4 Å². The van der Waals surface area contributed by atoms with E-state index in [9.17, 15) is 0 Å². The molecule has 0 saturated carbocycles. The minimum absolute atomic E-state index is 0. The molecule has 0 saturated heterocycles. The van der Waals surface area contributed by atoms with Gasteiger partial charge < -0.3 is 0 Å². The quantitative estimate of drug-likeness (QED) is 0.120. The summed E-state index contributed by atoms with van der Waals surface area (Å²) in [4.78, 5) is 0. The van der Waals surface area contributed by atoms with E-state index in [4.69, 9.17) is 0 Å². The van der Waals surface area contributed by atoms with E-state index >= 15 is 0 Å². The molecule has 15 aromatic rings. The van der Waals surface area contributed by atoms with Crippen LogP contribution in [-0.4, -0.2) is 0 Å². The molecule has 2 heteroatoms. The SMILES string of the molecule is CC.CC.CC.CC.CC.CC.CC.CC.CC.CC.Cc1c2ccccc2c(C)c2ccccc12.Cc1c[c-]c(-c2[c-]cc(C)cc2)cc1.Cc1cc[c-]c(-c2[c-]ccc(C)c2)c1.Cc1ccc(C)c2ccccc12.Cc1ccc2cc(C)ccc2c1.Cc1cccc(C)c1.Cc1cccc2c(C)cccc12.Cc1ccccc1.[Y].[Y]. The Morgan fingerprint density at radius 3 is 0.658 bits per heavy atom. The van der Waals surface area contributed by atoms with Crippen LogP contribution in [-0.2, 0) is 65.4 Å². The molecule has 2 radical (unpaired) electrons. The maximum Gasteiger partial charge on any atom is 0 e. The fraction of sp³-hybridized carbons (Fsp3) is 0.304. The van der Waals surface area contributed by atoms with Crippen molar-refractivity contribution in [2.45, 2.75) is 242 Å². The van der Waals surface area contributed by atoms with Crippen LogP contribution < -0.4 is 0 Å². The third kappa shape index (κ3) is 43.9. The van der Waals surface area contributed by atoms with Crippen LogP contribution in [0.3, 0.4) is 0 Å². The summed E-state index contributed by atoms with van der Waals surface area (Å²) in [5.41, 5.74) is 24.3. The molecule has 15 aromatic carbocycles. The predicted molar refractivity (Wildman–Crippen MR) is 530 cm³/mol. The molecule has 0 amide bonds. The van der Waals surface area contributed by atoms with Gasteiger partial charge in [-0.2, -0.15) is 84.9 Å². The number of benzene rings is 15. The Labute approximate surface area is 769 Å². The summed E-state index contributed by atoms with van der Waals surface area (Å²) in [6, 6.07) is 112. The van der Waals surface area contributed by atoms with Gasteiger partial charge in [0.2, 0.25) is 0 Å². The normalized spacial score (nSPS) is 8.85. The van der Waals surface area contributed by atoms with E-state index in [1.165, 1.54) is 137 Å². The van der Waals surface area contributed by atoms with Crippen molar-refractivity contribution >= 4 is 53.9 Å². The average Bonchev–Trinajstić information content (AvgIpc) is 0.767. The summed E-state index contributed by atoms with van der Waals surface area (Å²) >= 11 is 0. The van der Waals surface area contributed by atoms with Crippen LogP contribution in [0.2, 0.25) is 0 Å². The predicted octanol–water partition coefficient (Wildman–Crippen LogP) is 36.7. The van der Waals surface area contributed by atoms with Gasteiger partial charge in [0.1, 0.15) is 0 Å². The average molecular weight is 1710 g/mol. The molecular weight excluding hydrogens is 1560 g/mol. The van der Waals surface area contributed by atoms with Crippen LogP contribution >= 0.6 is 0 Å². The third-order valence-corrected chi connectivity index (χ3v) is 16.9. The molecule has 117 heavy (non-hydrogen) atoms. The van der Waals surface area contributed by atoms with Crippen LogP contribution in [0.5, 0.6) is 0 Å². The molecule has 622 valence electrons. The summed E-state index contributed by atoms with van der Waals surface area (Å²) in [6.07, 6.45) is 0. The van der Waals surface area contributed by atoms with Crippen LogP contribution in [0.4, 0.5) is 0 Å². The van der Waals surface area contributed by atoms with Gasteiger partial charge in [0.15, 0.2) is 0 Å². The molecule has 0 aliphatic rings. The molecule has 0 N–H and O–H groups in total. The molecule has 0 aromatic heterocycles. The van der Waals surface area contributed by atoms with Gasteiger partial charge in [-0.3, -0.25) is 0 Å². The molecule has 0 spiro atoms. The van der Waals surface area contributed by atoms with Crippen molar-refractivity contribution in [1.82, 2.24) is 0 Å². The van der Waals surface area contributed by atoms with Gasteiger partial charge in [-0.25, -0.2) is 22.3 Å². The first-order valence-corrected chi connectivity index (χ1v) is 43.0. The van der Waals surface area contributed by atoms with Crippen molar-refractivity contribution in [2.75, 3.05) is 0 Å². The van der Waals surface area contributed by atoms with Crippen molar-refractivity contribution in [1.29, 1.82) is 0 Å². The largest absolute Gasteiger partial charge is 0.226 e. The first kappa shape index (κ1) is 117. The van der Waals surface area contributed by atoms with E-state index in [0.29, 0.717) is 0 Å². The van der Waals surface area contributed by atoms with Gasteiger partial charge >= 0.3 is 0 Å². The molecule has 0 fully saturated rings. The number of hydrogen-bond donors (Lipinski definition) is 0. The summed E-state index contributed by atoms with van der Waals surface area (Å²) in [5.74, 6) is 0. The molecule has 0 heterocycles. The maximum absolute atomic E-state index is 3.24. The Kier molecular flexibility index (Phi) is 73.2. The number of rotatable bonds is 2. The molecular formula is C115H152Y2-4. The zero-order valence-electron chi connectivity index (χ0n) is 79.8. The third-order valence-electron chi connectivity index (χ3n) is 16.9. The maximum atomic E-state index is 3.24. The molecule has 0 aliphatic carbocycles. The van der Waals surface area contributed by atoms with Crippen molar-refractivity contribution < 1.29 is 65.4 Å². The van der Waals surface area contributed by atoms with Crippen molar-refractivity contribution in [3.63, 3.8) is 0 Å². The second kappa shape index (κ2) is 73.0. The van der Waals surface area contributed by atoms with Crippen LogP contribution in [0.1, 0.15) is 222 Å². The Hall–Kier alpha value is -8.19. The molecule has 15 rings (SSSR count). The minimum atomic E-state index is 0. The van der Waals surface area contributed by atoms with Gasteiger partial charge in [0, 0.05) is 65.4 Å². The van der Waals surface area contributed by atoms with E-state index in [1.54, 1.807) is 0 Å². The van der Waals surface area contributed by atoms with E-state index in [1.807, 2.05) is 181 Å². The molecule has 0 atom stereocenters. The summed E-state index contributed by atoms with van der Waals surface area (Å²) < 4.78 is 0. The van der Waals surface area contributed by atoms with Gasteiger partial charge in [-0.15, -0.1) is 34.4 Å².